The highest BCUT2D eigenvalue weighted by Gasteiger charge is 2.21. The summed E-state index contributed by atoms with van der Waals surface area (Å²) >= 11 is 0. The van der Waals surface area contributed by atoms with Crippen LogP contribution in [-0.2, 0) is 16.1 Å². The van der Waals surface area contributed by atoms with Gasteiger partial charge in [-0.1, -0.05) is 6.92 Å². The van der Waals surface area contributed by atoms with Gasteiger partial charge in [0.2, 0.25) is 17.8 Å². The molecule has 3 rings (SSSR count). The number of nitrogens with zero attached hydrogens (tertiary/aromatic N) is 5. The lowest BCUT2D eigenvalue weighted by Crippen LogP contribution is -2.38. The minimum Gasteiger partial charge on any atom is -0.378 e. The molecule has 0 atom stereocenters. The van der Waals surface area contributed by atoms with Crippen molar-refractivity contribution in [1.29, 1.82) is 0 Å². The van der Waals surface area contributed by atoms with Crippen molar-refractivity contribution < 1.29 is 9.53 Å². The second kappa shape index (κ2) is 7.54. The van der Waals surface area contributed by atoms with Crippen molar-refractivity contribution in [1.82, 2.24) is 20.3 Å². The molecular formula is C15H24N6O2. The van der Waals surface area contributed by atoms with Crippen LogP contribution in [0.15, 0.2) is 0 Å². The summed E-state index contributed by atoms with van der Waals surface area (Å²) < 4.78 is 5.39. The van der Waals surface area contributed by atoms with E-state index in [1.807, 2.05) is 6.92 Å². The first-order valence-corrected chi connectivity index (χ1v) is 8.35. The van der Waals surface area contributed by atoms with Gasteiger partial charge in [-0.25, -0.2) is 0 Å². The van der Waals surface area contributed by atoms with Gasteiger partial charge < -0.3 is 19.9 Å². The Hall–Kier alpha value is -1.96. The normalized spacial score (nSPS) is 18.3. The summed E-state index contributed by atoms with van der Waals surface area (Å²) in [6.07, 6.45) is 2.79. The minimum atomic E-state index is 0.000979. The molecule has 126 valence electrons. The minimum absolute atomic E-state index is 0.000979. The Labute approximate surface area is 136 Å². The third-order valence-electron chi connectivity index (χ3n) is 4.11. The van der Waals surface area contributed by atoms with Crippen LogP contribution in [0.3, 0.4) is 0 Å². The van der Waals surface area contributed by atoms with E-state index in [1.165, 1.54) is 12.8 Å². The number of anilines is 2. The van der Waals surface area contributed by atoms with Crippen LogP contribution >= 0.6 is 0 Å². The lowest BCUT2D eigenvalue weighted by atomic mass is 10.4. The van der Waals surface area contributed by atoms with E-state index < -0.39 is 0 Å². The monoisotopic (exact) mass is 320 g/mol. The molecule has 2 aliphatic heterocycles. The molecule has 1 amide bonds. The Morgan fingerprint density at radius 2 is 1.65 bits per heavy atom. The van der Waals surface area contributed by atoms with Gasteiger partial charge in [0, 0.05) is 32.6 Å². The smallest absolute Gasteiger partial charge is 0.230 e. The SMILES string of the molecule is CCC(=O)NCc1nc(N2CCCC2)nc(N2CCOCC2)n1. The Balaban J connectivity index is 1.81. The van der Waals surface area contributed by atoms with Crippen molar-refractivity contribution in [2.45, 2.75) is 32.7 Å². The van der Waals surface area contributed by atoms with Gasteiger partial charge >= 0.3 is 0 Å². The molecule has 2 fully saturated rings. The molecular weight excluding hydrogens is 296 g/mol. The quantitative estimate of drug-likeness (QED) is 0.837. The van der Waals surface area contributed by atoms with Crippen molar-refractivity contribution in [3.05, 3.63) is 5.82 Å². The summed E-state index contributed by atoms with van der Waals surface area (Å²) in [7, 11) is 0. The Kier molecular flexibility index (Phi) is 5.22. The van der Waals surface area contributed by atoms with E-state index in [-0.39, 0.29) is 5.91 Å². The standard InChI is InChI=1S/C15H24N6O2/c1-2-13(22)16-11-12-17-14(20-5-3-4-6-20)19-15(18-12)21-7-9-23-10-8-21/h2-11H2,1H3,(H,16,22). The molecule has 2 aliphatic rings. The number of aromatic nitrogens is 3. The topological polar surface area (TPSA) is 83.5 Å². The molecule has 1 aromatic rings. The summed E-state index contributed by atoms with van der Waals surface area (Å²) in [5.74, 6) is 2.02. The van der Waals surface area contributed by atoms with Gasteiger partial charge in [0.15, 0.2) is 5.82 Å². The fourth-order valence-corrected chi connectivity index (χ4v) is 2.74. The summed E-state index contributed by atoms with van der Waals surface area (Å²) in [6.45, 7) is 7.07. The number of hydrogen-bond acceptors (Lipinski definition) is 7. The third-order valence-corrected chi connectivity index (χ3v) is 4.11. The van der Waals surface area contributed by atoms with E-state index in [0.29, 0.717) is 38.0 Å². The number of carbonyl (C=O) groups excluding carboxylic acids is 1. The first-order valence-electron chi connectivity index (χ1n) is 8.35. The number of rotatable bonds is 5. The highest BCUT2D eigenvalue weighted by atomic mass is 16.5. The average molecular weight is 320 g/mol. The van der Waals surface area contributed by atoms with E-state index in [0.717, 1.165) is 32.1 Å². The van der Waals surface area contributed by atoms with E-state index in [4.69, 9.17) is 4.74 Å². The fraction of sp³-hybridized carbons (Fsp3) is 0.733. The van der Waals surface area contributed by atoms with Crippen LogP contribution in [0.2, 0.25) is 0 Å². The predicted molar refractivity (Wildman–Crippen MR) is 86.4 cm³/mol. The van der Waals surface area contributed by atoms with Gasteiger partial charge in [-0.2, -0.15) is 15.0 Å². The molecule has 0 saturated carbocycles. The van der Waals surface area contributed by atoms with Gasteiger partial charge in [0.25, 0.3) is 0 Å². The van der Waals surface area contributed by atoms with Gasteiger partial charge in [-0.15, -0.1) is 0 Å². The molecule has 1 N–H and O–H groups in total. The van der Waals surface area contributed by atoms with Crippen molar-refractivity contribution in [2.24, 2.45) is 0 Å². The molecule has 0 spiro atoms. The van der Waals surface area contributed by atoms with Gasteiger partial charge in [-0.05, 0) is 12.8 Å². The average Bonchev–Trinajstić information content (AvgIpc) is 3.15. The van der Waals surface area contributed by atoms with Gasteiger partial charge in [0.05, 0.1) is 19.8 Å². The van der Waals surface area contributed by atoms with Crippen LogP contribution in [-0.4, -0.2) is 60.3 Å². The maximum Gasteiger partial charge on any atom is 0.230 e. The molecule has 0 unspecified atom stereocenters. The number of nitrogens with one attached hydrogen (secondary N) is 1. The van der Waals surface area contributed by atoms with E-state index >= 15 is 0 Å². The molecule has 0 aromatic carbocycles. The molecule has 0 radical (unpaired) electrons. The fourth-order valence-electron chi connectivity index (χ4n) is 2.74. The van der Waals surface area contributed by atoms with Crippen LogP contribution in [0.4, 0.5) is 11.9 Å². The lowest BCUT2D eigenvalue weighted by molar-refractivity contribution is -0.120. The van der Waals surface area contributed by atoms with Crippen LogP contribution < -0.4 is 15.1 Å². The first kappa shape index (κ1) is 15.9. The molecule has 8 heteroatoms. The van der Waals surface area contributed by atoms with Crippen molar-refractivity contribution in [3.8, 4) is 0 Å². The number of ether oxygens (including phenoxy) is 1. The number of hydrogen-bond donors (Lipinski definition) is 1. The number of carbonyl (C=O) groups is 1. The Bertz CT molecular complexity index is 541. The van der Waals surface area contributed by atoms with Crippen LogP contribution in [0.5, 0.6) is 0 Å². The zero-order valence-electron chi connectivity index (χ0n) is 13.6. The zero-order valence-corrected chi connectivity index (χ0v) is 13.6. The molecule has 1 aromatic heterocycles. The molecule has 23 heavy (non-hydrogen) atoms. The summed E-state index contributed by atoms with van der Waals surface area (Å²) in [4.78, 5) is 29.5. The number of amides is 1. The van der Waals surface area contributed by atoms with Crippen LogP contribution in [0.1, 0.15) is 32.0 Å². The summed E-state index contributed by atoms with van der Waals surface area (Å²) in [5, 5.41) is 2.84. The predicted octanol–water partition coefficient (Wildman–Crippen LogP) is 0.335. The molecule has 2 saturated heterocycles. The zero-order chi connectivity index (χ0) is 16.1. The van der Waals surface area contributed by atoms with Crippen LogP contribution in [0.25, 0.3) is 0 Å². The second-order valence-electron chi connectivity index (χ2n) is 5.78. The van der Waals surface area contributed by atoms with Crippen molar-refractivity contribution >= 4 is 17.8 Å². The first-order chi connectivity index (χ1) is 11.3. The number of morpholine rings is 1. The van der Waals surface area contributed by atoms with E-state index in [9.17, 15) is 4.79 Å². The third kappa shape index (κ3) is 4.07. The van der Waals surface area contributed by atoms with Crippen molar-refractivity contribution in [3.63, 3.8) is 0 Å². The highest BCUT2D eigenvalue weighted by Crippen LogP contribution is 2.19. The Morgan fingerprint density at radius 3 is 2.26 bits per heavy atom. The highest BCUT2D eigenvalue weighted by molar-refractivity contribution is 5.75. The van der Waals surface area contributed by atoms with Gasteiger partial charge in [-0.3, -0.25) is 4.79 Å². The van der Waals surface area contributed by atoms with Crippen molar-refractivity contribution in [2.75, 3.05) is 49.2 Å². The Morgan fingerprint density at radius 1 is 1.04 bits per heavy atom. The maximum absolute atomic E-state index is 11.5. The summed E-state index contributed by atoms with van der Waals surface area (Å²) in [5.41, 5.74) is 0. The molecule has 8 nitrogen and oxygen atoms in total. The van der Waals surface area contributed by atoms with Gasteiger partial charge in [0.1, 0.15) is 0 Å². The molecule has 0 bridgehead atoms. The van der Waals surface area contributed by atoms with E-state index in [1.54, 1.807) is 0 Å². The lowest BCUT2D eigenvalue weighted by Gasteiger charge is -2.28. The largest absolute Gasteiger partial charge is 0.378 e. The summed E-state index contributed by atoms with van der Waals surface area (Å²) in [6, 6.07) is 0. The second-order valence-corrected chi connectivity index (χ2v) is 5.78. The van der Waals surface area contributed by atoms with Crippen LogP contribution in [0, 0.1) is 0 Å². The van der Waals surface area contributed by atoms with E-state index in [2.05, 4.69) is 30.1 Å². The molecule has 0 aliphatic carbocycles. The molecule has 3 heterocycles. The maximum atomic E-state index is 11.5.